The first kappa shape index (κ1) is 24.8. The van der Waals surface area contributed by atoms with Crippen LogP contribution in [0.25, 0.3) is 0 Å². The lowest BCUT2D eigenvalue weighted by Gasteiger charge is -2.30. The number of nitrogens with zero attached hydrogens (tertiary/aromatic N) is 1. The lowest BCUT2D eigenvalue weighted by Crippen LogP contribution is -2.50. The number of amides is 2. The van der Waals surface area contributed by atoms with Gasteiger partial charge in [0.15, 0.2) is 6.61 Å². The molecule has 162 valence electrons. The van der Waals surface area contributed by atoms with Crippen LogP contribution >= 0.6 is 50.7 Å². The molecule has 0 aliphatic carbocycles. The van der Waals surface area contributed by atoms with Crippen molar-refractivity contribution in [2.75, 3.05) is 13.2 Å². The molecule has 0 fully saturated rings. The summed E-state index contributed by atoms with van der Waals surface area (Å²) in [5.41, 5.74) is 0.685. The average Bonchev–Trinajstić information content (AvgIpc) is 2.68. The Hall–Kier alpha value is -1.47. The van der Waals surface area contributed by atoms with Gasteiger partial charge in [-0.05, 0) is 65.2 Å². The second-order valence-electron chi connectivity index (χ2n) is 6.44. The molecule has 1 N–H and O–H groups in total. The third-order valence-corrected chi connectivity index (χ3v) is 5.78. The number of likely N-dealkylation sites (N-methyl/N-ethyl adjacent to an activating group) is 1. The number of hydrogen-bond acceptors (Lipinski definition) is 3. The van der Waals surface area contributed by atoms with Crippen molar-refractivity contribution in [3.63, 3.8) is 0 Å². The van der Waals surface area contributed by atoms with Gasteiger partial charge >= 0.3 is 0 Å². The van der Waals surface area contributed by atoms with Gasteiger partial charge in [0.05, 0.1) is 4.47 Å². The Morgan fingerprint density at radius 1 is 1.10 bits per heavy atom. The van der Waals surface area contributed by atoms with Crippen LogP contribution < -0.4 is 10.1 Å². The molecule has 0 aromatic heterocycles. The summed E-state index contributed by atoms with van der Waals surface area (Å²) in [6.07, 6.45) is 0.438. The van der Waals surface area contributed by atoms with Crippen LogP contribution in [0.5, 0.6) is 5.75 Å². The predicted octanol–water partition coefficient (Wildman–Crippen LogP) is 5.73. The summed E-state index contributed by atoms with van der Waals surface area (Å²) in [6, 6.07) is 9.39. The Morgan fingerprint density at radius 3 is 2.37 bits per heavy atom. The fraction of sp³-hybridized carbons (Fsp3) is 0.333. The van der Waals surface area contributed by atoms with E-state index in [-0.39, 0.29) is 25.0 Å². The SMILES string of the molecule is CCNC(=O)C(CC)N(Cc1ccc(Cl)cc1Cl)C(=O)COc1ccc(Cl)cc1Br. The van der Waals surface area contributed by atoms with Gasteiger partial charge < -0.3 is 15.0 Å². The van der Waals surface area contributed by atoms with Gasteiger partial charge in [-0.3, -0.25) is 9.59 Å². The molecule has 5 nitrogen and oxygen atoms in total. The Balaban J connectivity index is 2.26. The maximum atomic E-state index is 13.1. The van der Waals surface area contributed by atoms with Crippen molar-refractivity contribution in [2.24, 2.45) is 0 Å². The monoisotopic (exact) mass is 534 g/mol. The highest BCUT2D eigenvalue weighted by molar-refractivity contribution is 9.10. The number of carbonyl (C=O) groups excluding carboxylic acids is 2. The Kier molecular flexibility index (Phi) is 9.75. The van der Waals surface area contributed by atoms with E-state index in [4.69, 9.17) is 39.5 Å². The summed E-state index contributed by atoms with van der Waals surface area (Å²) >= 11 is 21.6. The van der Waals surface area contributed by atoms with Crippen molar-refractivity contribution in [1.29, 1.82) is 0 Å². The number of halogens is 4. The first-order valence-corrected chi connectivity index (χ1v) is 11.3. The number of carbonyl (C=O) groups is 2. The molecule has 2 rings (SSSR count). The highest BCUT2D eigenvalue weighted by Gasteiger charge is 2.29. The first-order chi connectivity index (χ1) is 14.3. The van der Waals surface area contributed by atoms with Crippen molar-refractivity contribution < 1.29 is 14.3 Å². The van der Waals surface area contributed by atoms with Crippen LogP contribution in [0.3, 0.4) is 0 Å². The minimum atomic E-state index is -0.665. The summed E-state index contributed by atoms with van der Waals surface area (Å²) in [5.74, 6) is -0.102. The maximum Gasteiger partial charge on any atom is 0.261 e. The molecule has 0 aliphatic heterocycles. The summed E-state index contributed by atoms with van der Waals surface area (Å²) in [4.78, 5) is 27.2. The molecule has 0 aliphatic rings. The molecule has 1 atom stereocenters. The fourth-order valence-electron chi connectivity index (χ4n) is 2.86. The van der Waals surface area contributed by atoms with E-state index in [9.17, 15) is 9.59 Å². The molecule has 0 saturated heterocycles. The number of rotatable bonds is 9. The van der Waals surface area contributed by atoms with E-state index >= 15 is 0 Å². The first-order valence-electron chi connectivity index (χ1n) is 9.35. The molecule has 2 amide bonds. The average molecular weight is 537 g/mol. The van der Waals surface area contributed by atoms with E-state index in [0.29, 0.717) is 43.8 Å². The highest BCUT2D eigenvalue weighted by atomic mass is 79.9. The van der Waals surface area contributed by atoms with Gasteiger partial charge in [0, 0.05) is 28.2 Å². The molecule has 0 heterocycles. The summed E-state index contributed by atoms with van der Waals surface area (Å²) in [7, 11) is 0. The van der Waals surface area contributed by atoms with Gasteiger partial charge in [-0.15, -0.1) is 0 Å². The Labute approximate surface area is 199 Å². The van der Waals surface area contributed by atoms with E-state index in [1.54, 1.807) is 36.4 Å². The van der Waals surface area contributed by atoms with Crippen LogP contribution in [0.15, 0.2) is 40.9 Å². The van der Waals surface area contributed by atoms with Crippen LogP contribution in [0, 0.1) is 0 Å². The van der Waals surface area contributed by atoms with Crippen LogP contribution in [0.1, 0.15) is 25.8 Å². The van der Waals surface area contributed by atoms with Gasteiger partial charge in [0.2, 0.25) is 5.91 Å². The van der Waals surface area contributed by atoms with Gasteiger partial charge in [-0.1, -0.05) is 47.8 Å². The zero-order valence-corrected chi connectivity index (χ0v) is 20.4. The zero-order valence-electron chi connectivity index (χ0n) is 16.6. The van der Waals surface area contributed by atoms with Crippen molar-refractivity contribution >= 4 is 62.5 Å². The van der Waals surface area contributed by atoms with Crippen molar-refractivity contribution in [2.45, 2.75) is 32.9 Å². The second-order valence-corrected chi connectivity index (χ2v) is 8.57. The minimum absolute atomic E-state index is 0.148. The van der Waals surface area contributed by atoms with Crippen LogP contribution in [0.2, 0.25) is 15.1 Å². The lowest BCUT2D eigenvalue weighted by molar-refractivity contribution is -0.142. The van der Waals surface area contributed by atoms with Crippen molar-refractivity contribution in [3.8, 4) is 5.75 Å². The van der Waals surface area contributed by atoms with Gasteiger partial charge in [-0.25, -0.2) is 0 Å². The highest BCUT2D eigenvalue weighted by Crippen LogP contribution is 2.28. The summed E-state index contributed by atoms with van der Waals surface area (Å²) < 4.78 is 6.30. The third-order valence-electron chi connectivity index (χ3n) is 4.34. The molecule has 2 aromatic carbocycles. The van der Waals surface area contributed by atoms with Gasteiger partial charge in [0.25, 0.3) is 5.91 Å². The Morgan fingerprint density at radius 2 is 1.77 bits per heavy atom. The molecular weight excluding hydrogens is 515 g/mol. The van der Waals surface area contributed by atoms with Gasteiger partial charge in [0.1, 0.15) is 11.8 Å². The van der Waals surface area contributed by atoms with E-state index in [2.05, 4.69) is 21.2 Å². The molecule has 9 heteroatoms. The fourth-order valence-corrected chi connectivity index (χ4v) is 4.13. The normalized spacial score (nSPS) is 11.7. The van der Waals surface area contributed by atoms with Crippen molar-refractivity contribution in [3.05, 3.63) is 61.5 Å². The van der Waals surface area contributed by atoms with Crippen molar-refractivity contribution in [1.82, 2.24) is 10.2 Å². The summed E-state index contributed by atoms with van der Waals surface area (Å²) in [6.45, 7) is 4.04. The number of hydrogen-bond donors (Lipinski definition) is 1. The lowest BCUT2D eigenvalue weighted by atomic mass is 10.1. The van der Waals surface area contributed by atoms with E-state index in [0.717, 1.165) is 0 Å². The molecule has 2 aromatic rings. The van der Waals surface area contributed by atoms with Crippen LogP contribution in [0.4, 0.5) is 0 Å². The van der Waals surface area contributed by atoms with E-state index in [1.165, 1.54) is 4.90 Å². The molecule has 30 heavy (non-hydrogen) atoms. The topological polar surface area (TPSA) is 58.6 Å². The molecular formula is C21H22BrCl3N2O3. The second kappa shape index (κ2) is 11.8. The predicted molar refractivity (Wildman–Crippen MR) is 124 cm³/mol. The quantitative estimate of drug-likeness (QED) is 0.445. The van der Waals surface area contributed by atoms with Crippen LogP contribution in [-0.2, 0) is 16.1 Å². The molecule has 0 spiro atoms. The standard InChI is InChI=1S/C21H22BrCl3N2O3/c1-3-18(21(29)26-4-2)27(11-13-5-6-15(24)10-17(13)25)20(28)12-30-19-8-7-14(23)9-16(19)22/h5-10,18H,3-4,11-12H2,1-2H3,(H,26,29). The number of benzene rings is 2. The van der Waals surface area contributed by atoms with E-state index in [1.807, 2.05) is 13.8 Å². The van der Waals surface area contributed by atoms with Crippen LogP contribution in [-0.4, -0.2) is 35.9 Å². The largest absolute Gasteiger partial charge is 0.483 e. The minimum Gasteiger partial charge on any atom is -0.483 e. The summed E-state index contributed by atoms with van der Waals surface area (Å²) in [5, 5.41) is 4.24. The van der Waals surface area contributed by atoms with Gasteiger partial charge in [-0.2, -0.15) is 0 Å². The smallest absolute Gasteiger partial charge is 0.261 e. The number of nitrogens with one attached hydrogen (secondary N) is 1. The molecule has 0 radical (unpaired) electrons. The zero-order chi connectivity index (χ0) is 22.3. The molecule has 0 bridgehead atoms. The third kappa shape index (κ3) is 6.77. The molecule has 1 unspecified atom stereocenters. The maximum absolute atomic E-state index is 13.1. The number of ether oxygens (including phenoxy) is 1. The Bertz CT molecular complexity index is 911. The van der Waals surface area contributed by atoms with E-state index < -0.39 is 6.04 Å². The molecule has 0 saturated carbocycles.